The Balaban J connectivity index is 2.10. The van der Waals surface area contributed by atoms with Gasteiger partial charge in [-0.25, -0.2) is 0 Å². The number of carbonyl (C=O) groups excluding carboxylic acids is 1. The Morgan fingerprint density at radius 2 is 2.00 bits per heavy atom. The van der Waals surface area contributed by atoms with E-state index in [0.717, 1.165) is 10.4 Å². The molecule has 0 atom stereocenters. The summed E-state index contributed by atoms with van der Waals surface area (Å²) in [4.78, 5) is 14.7. The van der Waals surface area contributed by atoms with Crippen molar-refractivity contribution in [1.82, 2.24) is 5.32 Å². The molecule has 4 N–H and O–H groups in total. The van der Waals surface area contributed by atoms with Crippen LogP contribution in [-0.4, -0.2) is 5.91 Å². The van der Waals surface area contributed by atoms with Gasteiger partial charge < -0.3 is 10.7 Å². The van der Waals surface area contributed by atoms with E-state index in [-0.39, 0.29) is 5.91 Å². The molecule has 0 spiro atoms. The van der Waals surface area contributed by atoms with E-state index in [9.17, 15) is 4.79 Å². The lowest BCUT2D eigenvalue weighted by Crippen LogP contribution is -2.24. The van der Waals surface area contributed by atoms with Gasteiger partial charge in [-0.15, -0.1) is 11.3 Å². The molecule has 0 aliphatic heterocycles. The van der Waals surface area contributed by atoms with Crippen molar-refractivity contribution in [2.45, 2.75) is 27.3 Å². The number of nitrogen functional groups attached to an aromatic ring is 1. The summed E-state index contributed by atoms with van der Waals surface area (Å²) in [5.41, 5.74) is 6.04. The van der Waals surface area contributed by atoms with Crippen molar-refractivity contribution in [1.29, 1.82) is 0 Å². The van der Waals surface area contributed by atoms with Crippen molar-refractivity contribution in [2.75, 3.05) is 5.43 Å². The number of benzene rings is 1. The van der Waals surface area contributed by atoms with Gasteiger partial charge >= 0.3 is 0 Å². The van der Waals surface area contributed by atoms with Gasteiger partial charge in [-0.1, -0.05) is 11.6 Å². The zero-order valence-corrected chi connectivity index (χ0v) is 12.7. The van der Waals surface area contributed by atoms with E-state index in [2.05, 4.69) is 30.7 Å². The molecule has 4 nitrogen and oxygen atoms in total. The van der Waals surface area contributed by atoms with Gasteiger partial charge in [-0.05, 0) is 44.5 Å². The minimum absolute atomic E-state index is 0.120. The molecule has 0 unspecified atom stereocenters. The number of thiophene rings is 1. The quantitative estimate of drug-likeness (QED) is 0.599. The molecule has 1 aromatic carbocycles. The highest BCUT2D eigenvalue weighted by molar-refractivity contribution is 7.12. The first kappa shape index (κ1) is 14.6. The standard InChI is InChI=1S/C15H19N3OS/c1-9-4-5-14(18-16)13(6-9)15(19)17-8-12-7-10(2)11(3)20-12/h4-7,18H,8,16H2,1-3H3,(H,17,19). The van der Waals surface area contributed by atoms with Crippen molar-refractivity contribution >= 4 is 22.9 Å². The highest BCUT2D eigenvalue weighted by Crippen LogP contribution is 2.21. The molecule has 0 fully saturated rings. The van der Waals surface area contributed by atoms with Gasteiger partial charge in [-0.3, -0.25) is 10.6 Å². The number of amides is 1. The van der Waals surface area contributed by atoms with E-state index in [0.29, 0.717) is 17.8 Å². The number of hydrazine groups is 1. The molecule has 0 aliphatic rings. The van der Waals surface area contributed by atoms with E-state index in [1.54, 1.807) is 11.3 Å². The summed E-state index contributed by atoms with van der Waals surface area (Å²) in [5.74, 6) is 5.32. The maximum atomic E-state index is 12.2. The van der Waals surface area contributed by atoms with Crippen molar-refractivity contribution < 1.29 is 4.79 Å². The van der Waals surface area contributed by atoms with Gasteiger partial charge in [0.1, 0.15) is 0 Å². The summed E-state index contributed by atoms with van der Waals surface area (Å²) in [6, 6.07) is 7.66. The minimum Gasteiger partial charge on any atom is -0.347 e. The second-order valence-electron chi connectivity index (χ2n) is 4.83. The van der Waals surface area contributed by atoms with Crippen LogP contribution in [0.4, 0.5) is 5.69 Å². The van der Waals surface area contributed by atoms with Crippen LogP contribution in [0.5, 0.6) is 0 Å². The minimum atomic E-state index is -0.120. The maximum absolute atomic E-state index is 12.2. The zero-order valence-electron chi connectivity index (χ0n) is 11.9. The van der Waals surface area contributed by atoms with Crippen LogP contribution in [0.25, 0.3) is 0 Å². The van der Waals surface area contributed by atoms with Crippen molar-refractivity contribution in [2.24, 2.45) is 5.84 Å². The van der Waals surface area contributed by atoms with Crippen LogP contribution in [0.15, 0.2) is 24.3 Å². The van der Waals surface area contributed by atoms with Crippen molar-refractivity contribution in [3.05, 3.63) is 50.7 Å². The van der Waals surface area contributed by atoms with E-state index in [1.807, 2.05) is 25.1 Å². The van der Waals surface area contributed by atoms with Crippen LogP contribution < -0.4 is 16.6 Å². The van der Waals surface area contributed by atoms with Crippen LogP contribution in [0.3, 0.4) is 0 Å². The number of nitrogens with two attached hydrogens (primary N) is 1. The van der Waals surface area contributed by atoms with Gasteiger partial charge in [0.15, 0.2) is 0 Å². The summed E-state index contributed by atoms with van der Waals surface area (Å²) in [5, 5.41) is 2.93. The molecule has 1 aromatic heterocycles. The zero-order chi connectivity index (χ0) is 14.7. The molecular weight excluding hydrogens is 270 g/mol. The third-order valence-corrected chi connectivity index (χ3v) is 4.37. The predicted octanol–water partition coefficient (Wildman–Crippen LogP) is 2.89. The summed E-state index contributed by atoms with van der Waals surface area (Å²) >= 11 is 1.71. The van der Waals surface area contributed by atoms with E-state index < -0.39 is 0 Å². The van der Waals surface area contributed by atoms with E-state index >= 15 is 0 Å². The van der Waals surface area contributed by atoms with Crippen LogP contribution in [0, 0.1) is 20.8 Å². The summed E-state index contributed by atoms with van der Waals surface area (Å²) in [6.07, 6.45) is 0. The van der Waals surface area contributed by atoms with Crippen LogP contribution >= 0.6 is 11.3 Å². The fourth-order valence-corrected chi connectivity index (χ4v) is 2.96. The third kappa shape index (κ3) is 3.18. The highest BCUT2D eigenvalue weighted by atomic mass is 32.1. The molecule has 1 heterocycles. The Morgan fingerprint density at radius 1 is 1.25 bits per heavy atom. The SMILES string of the molecule is Cc1ccc(NN)c(C(=O)NCc2cc(C)c(C)s2)c1. The fraction of sp³-hybridized carbons (Fsp3) is 0.267. The van der Waals surface area contributed by atoms with Gasteiger partial charge in [0.05, 0.1) is 17.8 Å². The highest BCUT2D eigenvalue weighted by Gasteiger charge is 2.11. The van der Waals surface area contributed by atoms with Gasteiger partial charge in [0, 0.05) is 9.75 Å². The number of hydrogen-bond acceptors (Lipinski definition) is 4. The molecule has 0 radical (unpaired) electrons. The van der Waals surface area contributed by atoms with Crippen LogP contribution in [0.2, 0.25) is 0 Å². The number of anilines is 1. The number of hydrogen-bond donors (Lipinski definition) is 3. The first-order valence-corrected chi connectivity index (χ1v) is 7.24. The topological polar surface area (TPSA) is 67.1 Å². The lowest BCUT2D eigenvalue weighted by Gasteiger charge is -2.10. The lowest BCUT2D eigenvalue weighted by atomic mass is 10.1. The first-order chi connectivity index (χ1) is 9.51. The van der Waals surface area contributed by atoms with E-state index in [1.165, 1.54) is 10.4 Å². The molecular formula is C15H19N3OS. The molecule has 0 bridgehead atoms. The van der Waals surface area contributed by atoms with Crippen LogP contribution in [0.1, 0.15) is 31.2 Å². The largest absolute Gasteiger partial charge is 0.347 e. The summed E-state index contributed by atoms with van der Waals surface area (Å²) in [6.45, 7) is 6.65. The Bertz CT molecular complexity index is 615. The second-order valence-corrected chi connectivity index (χ2v) is 6.17. The van der Waals surface area contributed by atoms with Crippen molar-refractivity contribution in [3.8, 4) is 0 Å². The summed E-state index contributed by atoms with van der Waals surface area (Å²) in [7, 11) is 0. The molecule has 106 valence electrons. The Morgan fingerprint density at radius 3 is 2.60 bits per heavy atom. The molecule has 20 heavy (non-hydrogen) atoms. The molecule has 0 saturated carbocycles. The number of aryl methyl sites for hydroxylation is 3. The Kier molecular flexibility index (Phi) is 4.42. The summed E-state index contributed by atoms with van der Waals surface area (Å²) < 4.78 is 0. The third-order valence-electron chi connectivity index (χ3n) is 3.22. The van der Waals surface area contributed by atoms with Gasteiger partial charge in [-0.2, -0.15) is 0 Å². The first-order valence-electron chi connectivity index (χ1n) is 6.42. The number of rotatable bonds is 4. The second kappa shape index (κ2) is 6.07. The van der Waals surface area contributed by atoms with Crippen molar-refractivity contribution in [3.63, 3.8) is 0 Å². The van der Waals surface area contributed by atoms with E-state index in [4.69, 9.17) is 5.84 Å². The molecule has 1 amide bonds. The normalized spacial score (nSPS) is 10.4. The molecule has 5 heteroatoms. The smallest absolute Gasteiger partial charge is 0.253 e. The molecule has 2 aromatic rings. The average molecular weight is 289 g/mol. The Labute approximate surface area is 123 Å². The number of carbonyl (C=O) groups is 1. The van der Waals surface area contributed by atoms with Crippen LogP contribution in [-0.2, 0) is 6.54 Å². The fourth-order valence-electron chi connectivity index (χ4n) is 1.97. The average Bonchev–Trinajstić information content (AvgIpc) is 2.75. The van der Waals surface area contributed by atoms with Gasteiger partial charge in [0.2, 0.25) is 0 Å². The van der Waals surface area contributed by atoms with Gasteiger partial charge in [0.25, 0.3) is 5.91 Å². The Hall–Kier alpha value is -1.85. The monoisotopic (exact) mass is 289 g/mol. The molecule has 0 saturated heterocycles. The molecule has 0 aliphatic carbocycles. The maximum Gasteiger partial charge on any atom is 0.253 e. The molecule has 2 rings (SSSR count). The predicted molar refractivity (Wildman–Crippen MR) is 84.0 cm³/mol. The lowest BCUT2D eigenvalue weighted by molar-refractivity contribution is 0.0952. The number of nitrogens with one attached hydrogen (secondary N) is 2.